The van der Waals surface area contributed by atoms with Gasteiger partial charge in [0, 0.05) is 5.27 Å². The van der Waals surface area contributed by atoms with Gasteiger partial charge in [-0.2, -0.15) is 0 Å². The number of likely N-dealkylation sites (tertiary alicyclic amines) is 1. The molecular formula is C11H17N3O3. The molecule has 0 bridgehead atoms. The fraction of sp³-hybridized carbons (Fsp3) is 0.727. The van der Waals surface area contributed by atoms with Crippen molar-refractivity contribution < 1.29 is 14.4 Å². The maximum absolute atomic E-state index is 11.2. The van der Waals surface area contributed by atoms with Crippen LogP contribution in [0, 0.1) is 5.92 Å². The van der Waals surface area contributed by atoms with Crippen molar-refractivity contribution in [2.24, 2.45) is 5.92 Å². The lowest BCUT2D eigenvalue weighted by atomic mass is 9.96. The summed E-state index contributed by atoms with van der Waals surface area (Å²) in [5.41, 5.74) is 0. The molecule has 0 radical (unpaired) electrons. The second-order valence-corrected chi connectivity index (χ2v) is 4.49. The zero-order chi connectivity index (χ0) is 12.3. The predicted octanol–water partition coefficient (Wildman–Crippen LogP) is 1.32. The molecule has 2 heterocycles. The molecule has 6 heteroatoms. The van der Waals surface area contributed by atoms with Crippen LogP contribution in [0.1, 0.15) is 38.0 Å². The molecule has 2 unspecified atom stereocenters. The number of carboxylic acid groups (broad SMARTS) is 1. The lowest BCUT2D eigenvalue weighted by Gasteiger charge is -2.34. The summed E-state index contributed by atoms with van der Waals surface area (Å²) in [5, 5.41) is 16.3. The quantitative estimate of drug-likeness (QED) is 0.853. The Bertz CT molecular complexity index is 360. The van der Waals surface area contributed by atoms with Crippen molar-refractivity contribution >= 4 is 5.97 Å². The Kier molecular flexibility index (Phi) is 3.73. The lowest BCUT2D eigenvalue weighted by molar-refractivity contribution is -0.144. The van der Waals surface area contributed by atoms with E-state index in [-0.39, 0.29) is 6.04 Å². The van der Waals surface area contributed by atoms with Gasteiger partial charge in [-0.3, -0.25) is 9.69 Å². The van der Waals surface area contributed by atoms with Crippen molar-refractivity contribution in [2.75, 3.05) is 13.1 Å². The van der Waals surface area contributed by atoms with E-state index in [0.29, 0.717) is 5.76 Å². The summed E-state index contributed by atoms with van der Waals surface area (Å²) < 4.78 is 5.05. The minimum absolute atomic E-state index is 0.261. The Morgan fingerprint density at radius 1 is 1.47 bits per heavy atom. The highest BCUT2D eigenvalue weighted by Crippen LogP contribution is 2.30. The van der Waals surface area contributed by atoms with E-state index in [1.807, 2.05) is 0 Å². The molecular weight excluding hydrogens is 222 g/mol. The molecule has 1 aromatic rings. The standard InChI is InChI=1S/C11H17N3O3/c1-8(11(15)16)10(9-7-12-13-17-9)14-5-3-2-4-6-14/h7-8,10H,2-6H2,1H3,(H,15,16). The van der Waals surface area contributed by atoms with E-state index in [9.17, 15) is 9.90 Å². The van der Waals surface area contributed by atoms with Gasteiger partial charge in [-0.25, -0.2) is 0 Å². The molecule has 0 spiro atoms. The van der Waals surface area contributed by atoms with Crippen LogP contribution in [0.3, 0.4) is 0 Å². The van der Waals surface area contributed by atoms with Crippen molar-refractivity contribution in [1.82, 2.24) is 15.3 Å². The molecule has 1 saturated heterocycles. The molecule has 94 valence electrons. The van der Waals surface area contributed by atoms with E-state index in [4.69, 9.17) is 4.52 Å². The molecule has 1 N–H and O–H groups in total. The lowest BCUT2D eigenvalue weighted by Crippen LogP contribution is -2.39. The van der Waals surface area contributed by atoms with E-state index in [2.05, 4.69) is 15.3 Å². The third-order valence-electron chi connectivity index (χ3n) is 3.32. The number of aliphatic carboxylic acids is 1. The molecule has 1 aromatic heterocycles. The van der Waals surface area contributed by atoms with Gasteiger partial charge in [0.05, 0.1) is 18.2 Å². The highest BCUT2D eigenvalue weighted by Gasteiger charge is 2.34. The van der Waals surface area contributed by atoms with Crippen LogP contribution in [0.15, 0.2) is 10.7 Å². The maximum Gasteiger partial charge on any atom is 0.308 e. The second kappa shape index (κ2) is 5.27. The Morgan fingerprint density at radius 2 is 2.18 bits per heavy atom. The zero-order valence-electron chi connectivity index (χ0n) is 9.87. The molecule has 0 saturated carbocycles. The van der Waals surface area contributed by atoms with Crippen molar-refractivity contribution in [2.45, 2.75) is 32.2 Å². The average molecular weight is 239 g/mol. The molecule has 17 heavy (non-hydrogen) atoms. The fourth-order valence-electron chi connectivity index (χ4n) is 2.38. The smallest absolute Gasteiger partial charge is 0.308 e. The number of piperidine rings is 1. The first kappa shape index (κ1) is 12.0. The number of nitrogens with zero attached hydrogens (tertiary/aromatic N) is 3. The minimum Gasteiger partial charge on any atom is -0.481 e. The molecule has 0 aromatic carbocycles. The van der Waals surface area contributed by atoms with Crippen LogP contribution in [0.2, 0.25) is 0 Å². The summed E-state index contributed by atoms with van der Waals surface area (Å²) in [7, 11) is 0. The minimum atomic E-state index is -0.822. The fourth-order valence-corrected chi connectivity index (χ4v) is 2.38. The van der Waals surface area contributed by atoms with Crippen LogP contribution >= 0.6 is 0 Å². The average Bonchev–Trinajstić information content (AvgIpc) is 2.84. The summed E-state index contributed by atoms with van der Waals surface area (Å²) in [4.78, 5) is 13.3. The third-order valence-corrected chi connectivity index (χ3v) is 3.32. The third kappa shape index (κ3) is 2.63. The van der Waals surface area contributed by atoms with Gasteiger partial charge in [0.1, 0.15) is 0 Å². The highest BCUT2D eigenvalue weighted by molar-refractivity contribution is 5.70. The second-order valence-electron chi connectivity index (χ2n) is 4.49. The highest BCUT2D eigenvalue weighted by atomic mass is 16.5. The first-order valence-electron chi connectivity index (χ1n) is 5.94. The monoisotopic (exact) mass is 239 g/mol. The van der Waals surface area contributed by atoms with Gasteiger partial charge in [0.2, 0.25) is 0 Å². The number of hydrogen-bond acceptors (Lipinski definition) is 5. The number of hydrogen-bond donors (Lipinski definition) is 1. The molecule has 2 atom stereocenters. The maximum atomic E-state index is 11.2. The van der Waals surface area contributed by atoms with Crippen LogP contribution in [0.4, 0.5) is 0 Å². The summed E-state index contributed by atoms with van der Waals surface area (Å²) in [6.07, 6.45) is 4.92. The molecule has 1 aliphatic rings. The Labute approximate surface area is 99.6 Å². The Hall–Kier alpha value is -1.43. The van der Waals surface area contributed by atoms with Gasteiger partial charge in [-0.1, -0.05) is 6.42 Å². The number of carboxylic acids is 1. The molecule has 2 rings (SSSR count). The van der Waals surface area contributed by atoms with Gasteiger partial charge in [0.15, 0.2) is 5.76 Å². The molecule has 0 aliphatic carbocycles. The van der Waals surface area contributed by atoms with E-state index in [1.165, 1.54) is 12.6 Å². The zero-order valence-corrected chi connectivity index (χ0v) is 9.87. The SMILES string of the molecule is CC(C(=O)O)C(c1cnno1)N1CCCCC1. The van der Waals surface area contributed by atoms with Gasteiger partial charge in [-0.15, -0.1) is 5.10 Å². The molecule has 1 aliphatic heterocycles. The van der Waals surface area contributed by atoms with Crippen molar-refractivity contribution in [3.05, 3.63) is 12.0 Å². The number of rotatable bonds is 4. The topological polar surface area (TPSA) is 79.5 Å². The van der Waals surface area contributed by atoms with Crippen molar-refractivity contribution in [3.8, 4) is 0 Å². The largest absolute Gasteiger partial charge is 0.481 e. The Morgan fingerprint density at radius 3 is 2.71 bits per heavy atom. The molecule has 0 amide bonds. The van der Waals surface area contributed by atoms with Crippen molar-refractivity contribution in [1.29, 1.82) is 0 Å². The van der Waals surface area contributed by atoms with Gasteiger partial charge < -0.3 is 9.63 Å². The van der Waals surface area contributed by atoms with Gasteiger partial charge >= 0.3 is 5.97 Å². The normalized spacial score (nSPS) is 21.0. The van der Waals surface area contributed by atoms with Crippen LogP contribution in [0.5, 0.6) is 0 Å². The van der Waals surface area contributed by atoms with Crippen LogP contribution in [-0.2, 0) is 4.79 Å². The summed E-state index contributed by atoms with van der Waals surface area (Å²) in [5.74, 6) is -0.804. The van der Waals surface area contributed by atoms with E-state index in [1.54, 1.807) is 6.92 Å². The van der Waals surface area contributed by atoms with Gasteiger partial charge in [0.25, 0.3) is 0 Å². The number of carbonyl (C=O) groups is 1. The molecule has 1 fully saturated rings. The van der Waals surface area contributed by atoms with Crippen molar-refractivity contribution in [3.63, 3.8) is 0 Å². The molecule has 6 nitrogen and oxygen atoms in total. The van der Waals surface area contributed by atoms with E-state index in [0.717, 1.165) is 25.9 Å². The number of aromatic nitrogens is 2. The van der Waals surface area contributed by atoms with E-state index >= 15 is 0 Å². The van der Waals surface area contributed by atoms with E-state index < -0.39 is 11.9 Å². The van der Waals surface area contributed by atoms with Gasteiger partial charge in [-0.05, 0) is 32.9 Å². The first-order chi connectivity index (χ1) is 8.20. The summed E-state index contributed by atoms with van der Waals surface area (Å²) in [6, 6.07) is -0.261. The summed E-state index contributed by atoms with van der Waals surface area (Å²) in [6.45, 7) is 3.51. The summed E-state index contributed by atoms with van der Waals surface area (Å²) >= 11 is 0. The van der Waals surface area contributed by atoms with Crippen LogP contribution < -0.4 is 0 Å². The first-order valence-corrected chi connectivity index (χ1v) is 5.94. The Balaban J connectivity index is 2.20. The van der Waals surface area contributed by atoms with Crippen LogP contribution in [0.25, 0.3) is 0 Å². The predicted molar refractivity (Wildman–Crippen MR) is 59.3 cm³/mol. The van der Waals surface area contributed by atoms with Crippen LogP contribution in [-0.4, -0.2) is 39.4 Å².